The molecule has 30 heavy (non-hydrogen) atoms. The molecule has 1 aliphatic heterocycles. The van der Waals surface area contributed by atoms with Crippen LogP contribution in [0.1, 0.15) is 34.0 Å². The molecule has 2 amide bonds. The first-order valence-corrected chi connectivity index (χ1v) is 9.47. The Morgan fingerprint density at radius 3 is 2.63 bits per heavy atom. The fraction of sp³-hybridized carbons (Fsp3) is 0.0909. The molecule has 150 valence electrons. The maximum Gasteiger partial charge on any atom is 0.257 e. The summed E-state index contributed by atoms with van der Waals surface area (Å²) in [5.74, 6) is -0.339. The first-order valence-electron chi connectivity index (χ1n) is 9.09. The van der Waals surface area contributed by atoms with Crippen LogP contribution in [-0.2, 0) is 16.6 Å². The van der Waals surface area contributed by atoms with E-state index in [0.29, 0.717) is 44.4 Å². The quantitative estimate of drug-likeness (QED) is 0.496. The fourth-order valence-electron chi connectivity index (χ4n) is 3.30. The van der Waals surface area contributed by atoms with E-state index in [9.17, 15) is 14.4 Å². The summed E-state index contributed by atoms with van der Waals surface area (Å²) in [5, 5.41) is 5.91. The van der Waals surface area contributed by atoms with Crippen LogP contribution in [0.3, 0.4) is 0 Å². The number of amides is 2. The molecular weight excluding hydrogens is 404 g/mol. The Balaban J connectivity index is 1.76. The molecule has 0 unspecified atom stereocenters. The van der Waals surface area contributed by atoms with Crippen molar-refractivity contribution in [2.45, 2.75) is 6.92 Å². The summed E-state index contributed by atoms with van der Waals surface area (Å²) >= 11 is 5.92. The maximum atomic E-state index is 13.0. The molecule has 8 heteroatoms. The number of anilines is 2. The topological polar surface area (TPSA) is 93.1 Å². The van der Waals surface area contributed by atoms with Gasteiger partial charge in [0.05, 0.1) is 17.5 Å². The summed E-state index contributed by atoms with van der Waals surface area (Å²) in [4.78, 5) is 41.1. The average molecular weight is 421 g/mol. The zero-order valence-corrected chi connectivity index (χ0v) is 16.9. The minimum Gasteiger partial charge on any atom is -0.356 e. The van der Waals surface area contributed by atoms with E-state index >= 15 is 0 Å². The smallest absolute Gasteiger partial charge is 0.257 e. The van der Waals surface area contributed by atoms with E-state index in [0.717, 1.165) is 0 Å². The highest BCUT2D eigenvalue weighted by molar-refractivity contribution is 6.35. The molecule has 1 aliphatic rings. The van der Waals surface area contributed by atoms with E-state index in [1.807, 2.05) is 0 Å². The van der Waals surface area contributed by atoms with Gasteiger partial charge in [0.1, 0.15) is 5.82 Å². The number of benzene rings is 1. The summed E-state index contributed by atoms with van der Waals surface area (Å²) < 4.78 is 1.76. The van der Waals surface area contributed by atoms with Crippen LogP contribution in [0.15, 0.2) is 48.9 Å². The lowest BCUT2D eigenvalue weighted by Gasteiger charge is -2.04. The number of nitrogens with one attached hydrogen (secondary N) is 2. The molecule has 2 aromatic heterocycles. The van der Waals surface area contributed by atoms with Gasteiger partial charge in [-0.05, 0) is 36.4 Å². The van der Waals surface area contributed by atoms with Gasteiger partial charge in [0.2, 0.25) is 5.91 Å². The van der Waals surface area contributed by atoms with Crippen molar-refractivity contribution >= 4 is 52.4 Å². The predicted molar refractivity (Wildman–Crippen MR) is 115 cm³/mol. The zero-order chi connectivity index (χ0) is 21.4. The Bertz CT molecular complexity index is 1230. The summed E-state index contributed by atoms with van der Waals surface area (Å²) in [5.41, 5.74) is 2.95. The first kappa shape index (κ1) is 19.6. The molecule has 7 nitrogen and oxygen atoms in total. The van der Waals surface area contributed by atoms with Crippen molar-refractivity contribution in [1.82, 2.24) is 9.55 Å². The number of hydrogen-bond acceptors (Lipinski definition) is 4. The van der Waals surface area contributed by atoms with Gasteiger partial charge < -0.3 is 15.2 Å². The van der Waals surface area contributed by atoms with E-state index in [4.69, 9.17) is 11.6 Å². The van der Waals surface area contributed by atoms with Gasteiger partial charge in [-0.15, -0.1) is 0 Å². The van der Waals surface area contributed by atoms with Crippen LogP contribution in [0.25, 0.3) is 11.6 Å². The molecule has 0 saturated heterocycles. The number of pyridine rings is 1. The maximum absolute atomic E-state index is 13.0. The van der Waals surface area contributed by atoms with Gasteiger partial charge in [0, 0.05) is 53.6 Å². The Labute approximate surface area is 177 Å². The van der Waals surface area contributed by atoms with Crippen molar-refractivity contribution in [1.29, 1.82) is 0 Å². The van der Waals surface area contributed by atoms with Crippen LogP contribution in [0.4, 0.5) is 11.5 Å². The number of carbonyl (C=O) groups excluding carboxylic acids is 3. The van der Waals surface area contributed by atoms with Crippen LogP contribution in [0.2, 0.25) is 5.02 Å². The lowest BCUT2D eigenvalue weighted by molar-refractivity contribution is -0.114. The van der Waals surface area contributed by atoms with E-state index in [-0.39, 0.29) is 17.6 Å². The third-order valence-electron chi connectivity index (χ3n) is 4.61. The highest BCUT2D eigenvalue weighted by Gasteiger charge is 2.27. The van der Waals surface area contributed by atoms with Crippen LogP contribution < -0.4 is 10.6 Å². The van der Waals surface area contributed by atoms with Crippen molar-refractivity contribution in [3.63, 3.8) is 0 Å². The van der Waals surface area contributed by atoms with Crippen LogP contribution in [-0.4, -0.2) is 27.1 Å². The molecular formula is C22H17ClN4O3. The Kier molecular flexibility index (Phi) is 4.97. The number of nitrogens with zero attached hydrogens (tertiary/aromatic N) is 2. The molecule has 0 aliphatic carbocycles. The summed E-state index contributed by atoms with van der Waals surface area (Å²) in [6, 6.07) is 8.32. The number of ketones is 1. The molecule has 0 atom stereocenters. The van der Waals surface area contributed by atoms with Crippen LogP contribution >= 0.6 is 11.6 Å². The SMILES string of the molecule is CC(=O)Nc1cnc2c(c1)C(=Cc1cn(C)cc1C(=O)c1ccc(Cl)cc1)C(=O)N2. The van der Waals surface area contributed by atoms with Crippen molar-refractivity contribution in [3.8, 4) is 0 Å². The zero-order valence-electron chi connectivity index (χ0n) is 16.2. The predicted octanol–water partition coefficient (Wildman–Crippen LogP) is 3.76. The highest BCUT2D eigenvalue weighted by Crippen LogP contribution is 2.34. The molecule has 3 heterocycles. The molecule has 0 radical (unpaired) electrons. The van der Waals surface area contributed by atoms with Gasteiger partial charge in [-0.3, -0.25) is 14.4 Å². The minimum atomic E-state index is -0.328. The first-order chi connectivity index (χ1) is 14.3. The molecule has 1 aromatic carbocycles. The van der Waals surface area contributed by atoms with Gasteiger partial charge in [0.25, 0.3) is 5.91 Å². The third kappa shape index (κ3) is 3.75. The monoisotopic (exact) mass is 420 g/mol. The second-order valence-corrected chi connectivity index (χ2v) is 7.38. The number of hydrogen-bond donors (Lipinski definition) is 2. The number of halogens is 1. The highest BCUT2D eigenvalue weighted by atomic mass is 35.5. The molecule has 2 N–H and O–H groups in total. The van der Waals surface area contributed by atoms with Crippen LogP contribution in [0.5, 0.6) is 0 Å². The molecule has 4 rings (SSSR count). The summed E-state index contributed by atoms with van der Waals surface area (Å²) in [6.07, 6.45) is 6.61. The van der Waals surface area contributed by atoms with Gasteiger partial charge in [0.15, 0.2) is 5.78 Å². The largest absolute Gasteiger partial charge is 0.356 e. The van der Waals surface area contributed by atoms with E-state index in [1.165, 1.54) is 13.1 Å². The number of carbonyl (C=O) groups is 3. The van der Waals surface area contributed by atoms with Gasteiger partial charge in [-0.25, -0.2) is 4.98 Å². The van der Waals surface area contributed by atoms with Crippen molar-refractivity contribution in [3.05, 3.63) is 76.2 Å². The van der Waals surface area contributed by atoms with E-state index < -0.39 is 0 Å². The molecule has 3 aromatic rings. The van der Waals surface area contributed by atoms with Crippen molar-refractivity contribution in [2.24, 2.45) is 7.05 Å². The molecule has 0 bridgehead atoms. The van der Waals surface area contributed by atoms with Gasteiger partial charge in [-0.2, -0.15) is 0 Å². The second kappa shape index (κ2) is 7.61. The molecule has 0 spiro atoms. The number of fused-ring (bicyclic) bond motifs is 1. The second-order valence-electron chi connectivity index (χ2n) is 6.94. The number of aromatic nitrogens is 2. The standard InChI is InChI=1S/C22H17ClN4O3/c1-12(28)25-16-8-17-18(22(30)26-21(17)24-9-16)7-14-10-27(2)11-19(14)20(29)13-3-5-15(23)6-4-13/h3-11H,1-2H3,(H,25,28)(H,24,26,30). The summed E-state index contributed by atoms with van der Waals surface area (Å²) in [7, 11) is 1.81. The van der Waals surface area contributed by atoms with Gasteiger partial charge >= 0.3 is 0 Å². The Hall–Kier alpha value is -3.71. The lowest BCUT2D eigenvalue weighted by atomic mass is 9.99. The fourth-order valence-corrected chi connectivity index (χ4v) is 3.43. The minimum absolute atomic E-state index is 0.178. The Morgan fingerprint density at radius 1 is 1.20 bits per heavy atom. The normalized spacial score (nSPS) is 13.8. The number of rotatable bonds is 4. The lowest BCUT2D eigenvalue weighted by Crippen LogP contribution is -2.06. The average Bonchev–Trinajstić information content (AvgIpc) is 3.21. The van der Waals surface area contributed by atoms with E-state index in [2.05, 4.69) is 15.6 Å². The third-order valence-corrected chi connectivity index (χ3v) is 4.86. The molecule has 0 saturated carbocycles. The van der Waals surface area contributed by atoms with Crippen molar-refractivity contribution < 1.29 is 14.4 Å². The number of aryl methyl sites for hydroxylation is 1. The van der Waals surface area contributed by atoms with Crippen molar-refractivity contribution in [2.75, 3.05) is 10.6 Å². The van der Waals surface area contributed by atoms with Crippen LogP contribution in [0, 0.1) is 0 Å². The summed E-state index contributed by atoms with van der Waals surface area (Å²) in [6.45, 7) is 1.39. The molecule has 0 fully saturated rings. The Morgan fingerprint density at radius 2 is 1.93 bits per heavy atom. The van der Waals surface area contributed by atoms with Gasteiger partial charge in [-0.1, -0.05) is 11.6 Å². The van der Waals surface area contributed by atoms with E-state index in [1.54, 1.807) is 60.4 Å².